The van der Waals surface area contributed by atoms with E-state index < -0.39 is 17.9 Å². The van der Waals surface area contributed by atoms with Crippen LogP contribution in [0.25, 0.3) is 0 Å². The molecule has 2 heterocycles. The molecule has 2 aromatic rings. The Labute approximate surface area is 193 Å². The third-order valence-corrected chi connectivity index (χ3v) is 5.91. The number of amides is 2. The van der Waals surface area contributed by atoms with Crippen LogP contribution in [0.2, 0.25) is 0 Å². The van der Waals surface area contributed by atoms with Crippen molar-refractivity contribution in [2.75, 3.05) is 37.7 Å². The van der Waals surface area contributed by atoms with Gasteiger partial charge in [-0.1, -0.05) is 12.1 Å². The van der Waals surface area contributed by atoms with Crippen molar-refractivity contribution in [1.82, 2.24) is 15.4 Å². The van der Waals surface area contributed by atoms with Gasteiger partial charge in [-0.15, -0.1) is 0 Å². The number of hydrogen-bond donors (Lipinski definition) is 3. The maximum absolute atomic E-state index is 13.2. The maximum Gasteiger partial charge on any atom is 0.272 e. The van der Waals surface area contributed by atoms with Gasteiger partial charge in [-0.05, 0) is 56.0 Å². The number of hydroxylamine groups is 1. The molecule has 2 amide bonds. The minimum absolute atomic E-state index is 0.271. The number of ether oxygens (including phenoxy) is 1. The summed E-state index contributed by atoms with van der Waals surface area (Å²) in [5, 5.41) is 19.4. The molecule has 33 heavy (non-hydrogen) atoms. The number of anilines is 1. The average molecular weight is 457 g/mol. The average Bonchev–Trinajstić information content (AvgIpc) is 2.87. The Morgan fingerprint density at radius 3 is 2.36 bits per heavy atom. The molecule has 1 fully saturated rings. The van der Waals surface area contributed by atoms with Crippen molar-refractivity contribution in [1.29, 1.82) is 0 Å². The highest BCUT2D eigenvalue weighted by Gasteiger charge is 2.35. The fourth-order valence-corrected chi connectivity index (χ4v) is 4.08. The fraction of sp³-hybridized carbons (Fsp3) is 0.458. The van der Waals surface area contributed by atoms with Crippen molar-refractivity contribution in [3.63, 3.8) is 0 Å². The second-order valence-corrected chi connectivity index (χ2v) is 8.01. The molecule has 0 aliphatic carbocycles. The summed E-state index contributed by atoms with van der Waals surface area (Å²) >= 11 is 0. The van der Waals surface area contributed by atoms with E-state index in [-0.39, 0.29) is 5.91 Å². The zero-order valence-electron chi connectivity index (χ0n) is 18.9. The third-order valence-electron chi connectivity index (χ3n) is 5.91. The Bertz CT molecular complexity index is 885. The van der Waals surface area contributed by atoms with Gasteiger partial charge < -0.3 is 19.6 Å². The minimum Gasteiger partial charge on any atom is -0.494 e. The number of aliphatic hydroxyl groups is 1. The van der Waals surface area contributed by atoms with E-state index in [2.05, 4.69) is 9.88 Å². The van der Waals surface area contributed by atoms with Crippen molar-refractivity contribution in [2.24, 2.45) is 5.92 Å². The molecule has 0 radical (unpaired) electrons. The van der Waals surface area contributed by atoms with Gasteiger partial charge in [-0.3, -0.25) is 19.8 Å². The number of carbonyl (C=O) groups is 2. The number of aryl methyl sites for hydroxylation is 1. The van der Waals surface area contributed by atoms with Crippen LogP contribution in [0.1, 0.15) is 25.3 Å². The van der Waals surface area contributed by atoms with Crippen LogP contribution in [0.15, 0.2) is 48.8 Å². The second-order valence-electron chi connectivity index (χ2n) is 8.01. The lowest BCUT2D eigenvalue weighted by atomic mass is 9.92. The topological polar surface area (TPSA) is 115 Å². The van der Waals surface area contributed by atoms with Gasteiger partial charge in [0.15, 0.2) is 0 Å². The van der Waals surface area contributed by atoms with E-state index in [1.807, 2.05) is 43.3 Å². The number of carbonyl (C=O) groups excluding carboxylic acids is 2. The lowest BCUT2D eigenvalue weighted by molar-refractivity contribution is -0.150. The number of piperazine rings is 1. The number of rotatable bonds is 10. The zero-order chi connectivity index (χ0) is 23.6. The van der Waals surface area contributed by atoms with Gasteiger partial charge in [0.05, 0.1) is 12.5 Å². The molecule has 178 valence electrons. The molecular formula is C24H32N4O5. The van der Waals surface area contributed by atoms with E-state index in [0.717, 1.165) is 17.0 Å². The Morgan fingerprint density at radius 1 is 1.09 bits per heavy atom. The minimum atomic E-state index is -1.61. The molecular weight excluding hydrogens is 424 g/mol. The number of nitrogens with zero attached hydrogens (tertiary/aromatic N) is 3. The van der Waals surface area contributed by atoms with Crippen molar-refractivity contribution < 1.29 is 24.6 Å². The summed E-state index contributed by atoms with van der Waals surface area (Å²) in [5.74, 6) is -1.36. The largest absolute Gasteiger partial charge is 0.494 e. The number of aromatic nitrogens is 1. The van der Waals surface area contributed by atoms with Crippen LogP contribution in [0.5, 0.6) is 5.75 Å². The van der Waals surface area contributed by atoms with Gasteiger partial charge in [-0.25, -0.2) is 5.48 Å². The zero-order valence-corrected chi connectivity index (χ0v) is 18.9. The van der Waals surface area contributed by atoms with Gasteiger partial charge in [0.1, 0.15) is 11.9 Å². The van der Waals surface area contributed by atoms with Crippen LogP contribution in [-0.2, 0) is 16.0 Å². The SMILES string of the molecule is CCOc1ccc(CCC[C@@H](C(=O)N2CCN(c3ccncc3)CC2)[C@H](O)C(=O)NO)cc1. The lowest BCUT2D eigenvalue weighted by Gasteiger charge is -2.38. The lowest BCUT2D eigenvalue weighted by Crippen LogP contribution is -2.53. The van der Waals surface area contributed by atoms with Gasteiger partial charge in [0.2, 0.25) is 5.91 Å². The molecule has 1 aromatic heterocycles. The first-order valence-corrected chi connectivity index (χ1v) is 11.3. The van der Waals surface area contributed by atoms with E-state index in [0.29, 0.717) is 52.0 Å². The van der Waals surface area contributed by atoms with Crippen molar-refractivity contribution in [2.45, 2.75) is 32.3 Å². The molecule has 0 saturated carbocycles. The van der Waals surface area contributed by atoms with Crippen molar-refractivity contribution in [3.8, 4) is 5.75 Å². The highest BCUT2D eigenvalue weighted by Crippen LogP contribution is 2.22. The molecule has 1 aliphatic rings. The van der Waals surface area contributed by atoms with Gasteiger partial charge >= 0.3 is 0 Å². The number of benzene rings is 1. The third kappa shape index (κ3) is 6.66. The van der Waals surface area contributed by atoms with Crippen LogP contribution < -0.4 is 15.1 Å². The Balaban J connectivity index is 1.59. The number of nitrogens with one attached hydrogen (secondary N) is 1. The molecule has 0 spiro atoms. The van der Waals surface area contributed by atoms with Crippen LogP contribution in [0.3, 0.4) is 0 Å². The fourth-order valence-electron chi connectivity index (χ4n) is 4.08. The molecule has 1 aliphatic heterocycles. The van der Waals surface area contributed by atoms with Crippen LogP contribution in [-0.4, -0.2) is 70.9 Å². The van der Waals surface area contributed by atoms with E-state index in [9.17, 15) is 14.7 Å². The summed E-state index contributed by atoms with van der Waals surface area (Å²) in [6, 6.07) is 11.6. The molecule has 3 rings (SSSR count). The van der Waals surface area contributed by atoms with Crippen LogP contribution in [0.4, 0.5) is 5.69 Å². The highest BCUT2D eigenvalue weighted by molar-refractivity contribution is 5.88. The standard InChI is InChI=1S/C24H32N4O5/c1-2-33-20-8-6-18(7-9-20)4-3-5-21(22(29)23(30)26-32)24(31)28-16-14-27(15-17-28)19-10-12-25-13-11-19/h6-13,21-22,29,32H,2-5,14-17H2,1H3,(H,26,30)/t21-,22+/m1/s1. The number of hydrogen-bond acceptors (Lipinski definition) is 7. The Morgan fingerprint density at radius 2 is 1.76 bits per heavy atom. The molecule has 9 nitrogen and oxygen atoms in total. The molecule has 9 heteroatoms. The Hall–Kier alpha value is -3.17. The van der Waals surface area contributed by atoms with Crippen LogP contribution in [0, 0.1) is 5.92 Å². The van der Waals surface area contributed by atoms with E-state index in [1.165, 1.54) is 5.48 Å². The van der Waals surface area contributed by atoms with E-state index >= 15 is 0 Å². The predicted octanol–water partition coefficient (Wildman–Crippen LogP) is 1.63. The van der Waals surface area contributed by atoms with E-state index in [4.69, 9.17) is 9.94 Å². The van der Waals surface area contributed by atoms with Gasteiger partial charge in [0.25, 0.3) is 5.91 Å². The van der Waals surface area contributed by atoms with Crippen LogP contribution >= 0.6 is 0 Å². The molecule has 1 aromatic carbocycles. The molecule has 0 bridgehead atoms. The molecule has 0 unspecified atom stereocenters. The summed E-state index contributed by atoms with van der Waals surface area (Å²) in [5.41, 5.74) is 3.60. The summed E-state index contributed by atoms with van der Waals surface area (Å²) in [4.78, 5) is 33.0. The molecule has 1 saturated heterocycles. The normalized spacial score (nSPS) is 15.6. The van der Waals surface area contributed by atoms with Crippen molar-refractivity contribution in [3.05, 3.63) is 54.4 Å². The van der Waals surface area contributed by atoms with Crippen molar-refractivity contribution >= 4 is 17.5 Å². The first-order chi connectivity index (χ1) is 16.0. The summed E-state index contributed by atoms with van der Waals surface area (Å²) in [6.07, 6.45) is 3.48. The summed E-state index contributed by atoms with van der Waals surface area (Å²) < 4.78 is 5.45. The predicted molar refractivity (Wildman–Crippen MR) is 123 cm³/mol. The van der Waals surface area contributed by atoms with Gasteiger partial charge in [0, 0.05) is 44.3 Å². The highest BCUT2D eigenvalue weighted by atomic mass is 16.5. The maximum atomic E-state index is 13.2. The second kappa shape index (κ2) is 12.2. The summed E-state index contributed by atoms with van der Waals surface area (Å²) in [6.45, 7) is 4.81. The quantitative estimate of drug-likeness (QED) is 0.368. The first kappa shape index (κ1) is 24.5. The Kier molecular flexibility index (Phi) is 9.03. The van der Waals surface area contributed by atoms with Gasteiger partial charge in [-0.2, -0.15) is 0 Å². The first-order valence-electron chi connectivity index (χ1n) is 11.3. The molecule has 3 N–H and O–H groups in total. The monoisotopic (exact) mass is 456 g/mol. The number of aliphatic hydroxyl groups excluding tert-OH is 1. The summed E-state index contributed by atoms with van der Waals surface area (Å²) in [7, 11) is 0. The number of pyridine rings is 1. The van der Waals surface area contributed by atoms with E-state index in [1.54, 1.807) is 17.3 Å². The smallest absolute Gasteiger partial charge is 0.272 e. The molecule has 2 atom stereocenters.